The van der Waals surface area contributed by atoms with Gasteiger partial charge in [-0.05, 0) is 18.6 Å². The molecule has 0 saturated carbocycles. The summed E-state index contributed by atoms with van der Waals surface area (Å²) < 4.78 is 5.24. The molecule has 0 radical (unpaired) electrons. The van der Waals surface area contributed by atoms with Gasteiger partial charge in [-0.25, -0.2) is 0 Å². The van der Waals surface area contributed by atoms with Crippen LogP contribution in [0.5, 0.6) is 5.75 Å². The molecule has 3 nitrogen and oxygen atoms in total. The number of nitrogens with zero attached hydrogens (tertiary/aromatic N) is 1. The van der Waals surface area contributed by atoms with Crippen LogP contribution >= 0.6 is 11.6 Å². The third kappa shape index (κ3) is 3.61. The molecule has 19 heavy (non-hydrogen) atoms. The summed E-state index contributed by atoms with van der Waals surface area (Å²) in [4.78, 5) is 4.48. The van der Waals surface area contributed by atoms with Gasteiger partial charge in [-0.2, -0.15) is 0 Å². The van der Waals surface area contributed by atoms with Crippen molar-refractivity contribution in [2.24, 2.45) is 0 Å². The van der Waals surface area contributed by atoms with E-state index in [-0.39, 0.29) is 0 Å². The van der Waals surface area contributed by atoms with Gasteiger partial charge in [-0.3, -0.25) is 4.98 Å². The zero-order chi connectivity index (χ0) is 13.7. The molecular weight excluding hydrogens is 260 g/mol. The summed E-state index contributed by atoms with van der Waals surface area (Å²) in [6, 6.07) is 11.9. The van der Waals surface area contributed by atoms with Crippen molar-refractivity contribution < 1.29 is 4.74 Å². The average molecular weight is 277 g/mol. The average Bonchev–Trinajstić information content (AvgIpc) is 2.44. The molecule has 0 fully saturated rings. The number of benzene rings is 1. The van der Waals surface area contributed by atoms with E-state index < -0.39 is 0 Å². The van der Waals surface area contributed by atoms with Gasteiger partial charge in [-0.1, -0.05) is 18.2 Å². The van der Waals surface area contributed by atoms with Crippen molar-refractivity contribution in [3.63, 3.8) is 0 Å². The van der Waals surface area contributed by atoms with Crippen LogP contribution in [-0.4, -0.2) is 12.1 Å². The molecule has 4 heteroatoms. The summed E-state index contributed by atoms with van der Waals surface area (Å²) in [6.07, 6.45) is 0. The normalized spacial score (nSPS) is 10.3. The number of para-hydroxylation sites is 1. The minimum atomic E-state index is 0.494. The number of rotatable bonds is 5. The second-order valence-corrected chi connectivity index (χ2v) is 4.55. The summed E-state index contributed by atoms with van der Waals surface area (Å²) in [5.74, 6) is 1.32. The molecule has 1 heterocycles. The van der Waals surface area contributed by atoms with Crippen LogP contribution in [0.3, 0.4) is 0 Å². The number of ether oxygens (including phenoxy) is 1. The van der Waals surface area contributed by atoms with Crippen LogP contribution in [0.2, 0.25) is 0 Å². The van der Waals surface area contributed by atoms with E-state index in [1.807, 2.05) is 43.3 Å². The molecule has 1 aromatic heterocycles. The number of alkyl halides is 1. The maximum Gasteiger partial charge on any atom is 0.122 e. The molecule has 0 atom stereocenters. The molecule has 0 saturated heterocycles. The first kappa shape index (κ1) is 13.7. The SMILES string of the molecule is COc1cc(C)nc(CNc2ccccc2CCl)c1. The van der Waals surface area contributed by atoms with Crippen LogP contribution in [0.1, 0.15) is 17.0 Å². The fourth-order valence-electron chi connectivity index (χ4n) is 1.91. The molecule has 2 aromatic rings. The number of anilines is 1. The van der Waals surface area contributed by atoms with E-state index in [2.05, 4.69) is 10.3 Å². The maximum atomic E-state index is 5.91. The quantitative estimate of drug-likeness (QED) is 0.845. The number of methoxy groups -OCH3 is 1. The predicted molar refractivity (Wildman–Crippen MR) is 78.9 cm³/mol. The maximum absolute atomic E-state index is 5.91. The fraction of sp³-hybridized carbons (Fsp3) is 0.267. The van der Waals surface area contributed by atoms with Gasteiger partial charge in [-0.15, -0.1) is 11.6 Å². The summed E-state index contributed by atoms with van der Waals surface area (Å²) in [5, 5.41) is 3.36. The highest BCUT2D eigenvalue weighted by atomic mass is 35.5. The van der Waals surface area contributed by atoms with Crippen molar-refractivity contribution in [3.8, 4) is 5.75 Å². The third-order valence-corrected chi connectivity index (χ3v) is 3.12. The molecule has 1 N–H and O–H groups in total. The number of hydrogen-bond acceptors (Lipinski definition) is 3. The Bertz CT molecular complexity index is 558. The van der Waals surface area contributed by atoms with E-state index in [1.54, 1.807) is 7.11 Å². The lowest BCUT2D eigenvalue weighted by Gasteiger charge is -2.11. The Labute approximate surface area is 118 Å². The largest absolute Gasteiger partial charge is 0.497 e. The first-order valence-corrected chi connectivity index (χ1v) is 6.65. The van der Waals surface area contributed by atoms with E-state index in [0.717, 1.165) is 28.4 Å². The van der Waals surface area contributed by atoms with Crippen LogP contribution in [-0.2, 0) is 12.4 Å². The lowest BCUT2D eigenvalue weighted by molar-refractivity contribution is 0.413. The number of aromatic nitrogens is 1. The fourth-order valence-corrected chi connectivity index (χ4v) is 2.14. The highest BCUT2D eigenvalue weighted by molar-refractivity contribution is 6.17. The second kappa shape index (κ2) is 6.43. The van der Waals surface area contributed by atoms with Crippen LogP contribution in [0.15, 0.2) is 36.4 Å². The Kier molecular flexibility index (Phi) is 4.63. The molecule has 2 rings (SSSR count). The standard InChI is InChI=1S/C15H17ClN2O/c1-11-7-14(19-2)8-13(18-11)10-17-15-6-4-3-5-12(15)9-16/h3-8,17H,9-10H2,1-2H3. The van der Waals surface area contributed by atoms with Crippen LogP contribution in [0.25, 0.3) is 0 Å². The van der Waals surface area contributed by atoms with E-state index in [1.165, 1.54) is 0 Å². The van der Waals surface area contributed by atoms with E-state index in [0.29, 0.717) is 12.4 Å². The zero-order valence-corrected chi connectivity index (χ0v) is 11.9. The van der Waals surface area contributed by atoms with Gasteiger partial charge in [0.05, 0.1) is 19.3 Å². The highest BCUT2D eigenvalue weighted by Crippen LogP contribution is 2.19. The van der Waals surface area contributed by atoms with Gasteiger partial charge < -0.3 is 10.1 Å². The number of halogens is 1. The Morgan fingerprint density at radius 2 is 2.05 bits per heavy atom. The van der Waals surface area contributed by atoms with Gasteiger partial charge >= 0.3 is 0 Å². The Morgan fingerprint density at radius 1 is 1.26 bits per heavy atom. The molecule has 0 unspecified atom stereocenters. The predicted octanol–water partition coefficient (Wildman–Crippen LogP) is 3.75. The monoisotopic (exact) mass is 276 g/mol. The van der Waals surface area contributed by atoms with Crippen LogP contribution < -0.4 is 10.1 Å². The molecule has 0 aliphatic carbocycles. The Morgan fingerprint density at radius 3 is 2.79 bits per heavy atom. The van der Waals surface area contributed by atoms with Gasteiger partial charge in [0.2, 0.25) is 0 Å². The number of pyridine rings is 1. The van der Waals surface area contributed by atoms with E-state index >= 15 is 0 Å². The van der Waals surface area contributed by atoms with Crippen LogP contribution in [0, 0.1) is 6.92 Å². The summed E-state index contributed by atoms with van der Waals surface area (Å²) >= 11 is 5.91. The smallest absolute Gasteiger partial charge is 0.122 e. The minimum Gasteiger partial charge on any atom is -0.497 e. The molecule has 1 aromatic carbocycles. The summed E-state index contributed by atoms with van der Waals surface area (Å²) in [5.41, 5.74) is 4.02. The van der Waals surface area contributed by atoms with Gasteiger partial charge in [0.25, 0.3) is 0 Å². The highest BCUT2D eigenvalue weighted by Gasteiger charge is 2.03. The van der Waals surface area contributed by atoms with Crippen LogP contribution in [0.4, 0.5) is 5.69 Å². The molecule has 0 bridgehead atoms. The van der Waals surface area contributed by atoms with Crippen molar-refractivity contribution in [1.82, 2.24) is 4.98 Å². The Hall–Kier alpha value is -1.74. The van der Waals surface area contributed by atoms with E-state index in [4.69, 9.17) is 16.3 Å². The van der Waals surface area contributed by atoms with Gasteiger partial charge in [0, 0.05) is 29.4 Å². The van der Waals surface area contributed by atoms with Crippen molar-refractivity contribution in [2.75, 3.05) is 12.4 Å². The van der Waals surface area contributed by atoms with Crippen molar-refractivity contribution in [2.45, 2.75) is 19.3 Å². The molecule has 0 aliphatic rings. The molecule has 100 valence electrons. The zero-order valence-electron chi connectivity index (χ0n) is 11.1. The van der Waals surface area contributed by atoms with Gasteiger partial charge in [0.1, 0.15) is 5.75 Å². The van der Waals surface area contributed by atoms with Crippen molar-refractivity contribution in [3.05, 3.63) is 53.3 Å². The second-order valence-electron chi connectivity index (χ2n) is 4.28. The summed E-state index contributed by atoms with van der Waals surface area (Å²) in [6.45, 7) is 2.60. The van der Waals surface area contributed by atoms with Crippen molar-refractivity contribution >= 4 is 17.3 Å². The summed E-state index contributed by atoms with van der Waals surface area (Å²) in [7, 11) is 1.66. The molecular formula is C15H17ClN2O. The molecule has 0 aliphatic heterocycles. The molecule has 0 spiro atoms. The minimum absolute atomic E-state index is 0.494. The topological polar surface area (TPSA) is 34.1 Å². The van der Waals surface area contributed by atoms with E-state index in [9.17, 15) is 0 Å². The lowest BCUT2D eigenvalue weighted by Crippen LogP contribution is -2.04. The molecule has 0 amide bonds. The first-order valence-electron chi connectivity index (χ1n) is 6.12. The Balaban J connectivity index is 2.12. The van der Waals surface area contributed by atoms with Gasteiger partial charge in [0.15, 0.2) is 0 Å². The number of nitrogens with one attached hydrogen (secondary N) is 1. The third-order valence-electron chi connectivity index (χ3n) is 2.84. The van der Waals surface area contributed by atoms with Crippen molar-refractivity contribution in [1.29, 1.82) is 0 Å². The lowest BCUT2D eigenvalue weighted by atomic mass is 10.2. The number of hydrogen-bond donors (Lipinski definition) is 1. The first-order chi connectivity index (χ1) is 9.22. The number of aryl methyl sites for hydroxylation is 1.